The average Bonchev–Trinajstić information content (AvgIpc) is 3.48. The second-order valence-electron chi connectivity index (χ2n) is 8.63. The van der Waals surface area contributed by atoms with Crippen LogP contribution in [0.4, 0.5) is 0 Å². The average molecular weight is 366 g/mol. The SMILES string of the molecule is O=C1CCC(NC2CCN(C3CCSCC3)CC2)CCN1CC1CC1. The van der Waals surface area contributed by atoms with Crippen LogP contribution in [0.15, 0.2) is 0 Å². The number of thioether (sulfide) groups is 1. The summed E-state index contributed by atoms with van der Waals surface area (Å²) in [5.74, 6) is 3.93. The van der Waals surface area contributed by atoms with Crippen molar-refractivity contribution in [3.8, 4) is 0 Å². The Morgan fingerprint density at radius 1 is 0.880 bits per heavy atom. The molecule has 5 heteroatoms. The number of carbonyl (C=O) groups is 1. The van der Waals surface area contributed by atoms with Crippen molar-refractivity contribution in [2.24, 2.45) is 5.92 Å². The van der Waals surface area contributed by atoms with Gasteiger partial charge in [-0.3, -0.25) is 4.79 Å². The summed E-state index contributed by atoms with van der Waals surface area (Å²) in [5.41, 5.74) is 0. The van der Waals surface area contributed by atoms with E-state index in [-0.39, 0.29) is 0 Å². The minimum atomic E-state index is 0.404. The Labute approximate surface area is 157 Å². The van der Waals surface area contributed by atoms with E-state index < -0.39 is 0 Å². The fourth-order valence-corrected chi connectivity index (χ4v) is 5.90. The van der Waals surface area contributed by atoms with Crippen molar-refractivity contribution in [1.29, 1.82) is 0 Å². The van der Waals surface area contributed by atoms with Crippen molar-refractivity contribution < 1.29 is 4.79 Å². The molecule has 0 aromatic rings. The minimum absolute atomic E-state index is 0.404. The number of rotatable bonds is 5. The molecule has 3 saturated heterocycles. The molecule has 4 fully saturated rings. The molecule has 0 aromatic heterocycles. The first-order chi connectivity index (χ1) is 12.3. The molecule has 4 rings (SSSR count). The lowest BCUT2D eigenvalue weighted by molar-refractivity contribution is -0.130. The topological polar surface area (TPSA) is 35.6 Å². The molecular formula is C20H35N3OS. The van der Waals surface area contributed by atoms with E-state index >= 15 is 0 Å². The maximum Gasteiger partial charge on any atom is 0.222 e. The first-order valence-electron chi connectivity index (χ1n) is 10.6. The van der Waals surface area contributed by atoms with Crippen LogP contribution < -0.4 is 5.32 Å². The highest BCUT2D eigenvalue weighted by Crippen LogP contribution is 2.31. The Bertz CT molecular complexity index is 442. The van der Waals surface area contributed by atoms with Gasteiger partial charge in [-0.1, -0.05) is 0 Å². The second-order valence-corrected chi connectivity index (χ2v) is 9.85. The highest BCUT2D eigenvalue weighted by molar-refractivity contribution is 7.99. The Kier molecular flexibility index (Phi) is 6.25. The van der Waals surface area contributed by atoms with Gasteiger partial charge in [-0.25, -0.2) is 0 Å². The molecule has 25 heavy (non-hydrogen) atoms. The normalized spacial score (nSPS) is 31.3. The molecule has 0 radical (unpaired) electrons. The molecule has 1 unspecified atom stereocenters. The third-order valence-electron chi connectivity index (χ3n) is 6.69. The first kappa shape index (κ1) is 18.1. The molecule has 4 nitrogen and oxygen atoms in total. The van der Waals surface area contributed by atoms with Crippen LogP contribution in [0.1, 0.15) is 57.8 Å². The third kappa shape index (κ3) is 5.14. The molecule has 142 valence electrons. The number of piperidine rings is 1. The summed E-state index contributed by atoms with van der Waals surface area (Å²) in [7, 11) is 0. The lowest BCUT2D eigenvalue weighted by Gasteiger charge is -2.40. The fraction of sp³-hybridized carbons (Fsp3) is 0.950. The smallest absolute Gasteiger partial charge is 0.222 e. The van der Waals surface area contributed by atoms with E-state index in [1.165, 1.54) is 63.1 Å². The number of nitrogens with zero attached hydrogens (tertiary/aromatic N) is 2. The lowest BCUT2D eigenvalue weighted by atomic mass is 9.98. The minimum Gasteiger partial charge on any atom is -0.342 e. The number of hydrogen-bond acceptors (Lipinski definition) is 4. The summed E-state index contributed by atoms with van der Waals surface area (Å²) in [5, 5.41) is 3.92. The van der Waals surface area contributed by atoms with Gasteiger partial charge in [0.2, 0.25) is 5.91 Å². The van der Waals surface area contributed by atoms with Crippen molar-refractivity contribution in [2.45, 2.75) is 75.9 Å². The van der Waals surface area contributed by atoms with E-state index in [1.54, 1.807) is 0 Å². The van der Waals surface area contributed by atoms with Gasteiger partial charge in [-0.05, 0) is 81.9 Å². The first-order valence-corrected chi connectivity index (χ1v) is 11.8. The predicted molar refractivity (Wildman–Crippen MR) is 105 cm³/mol. The molecule has 3 heterocycles. The van der Waals surface area contributed by atoms with Crippen molar-refractivity contribution in [2.75, 3.05) is 37.7 Å². The van der Waals surface area contributed by atoms with Crippen LogP contribution in [0.25, 0.3) is 0 Å². The zero-order valence-electron chi connectivity index (χ0n) is 15.6. The van der Waals surface area contributed by atoms with Gasteiger partial charge in [0.25, 0.3) is 0 Å². The van der Waals surface area contributed by atoms with Crippen LogP contribution in [-0.4, -0.2) is 71.5 Å². The van der Waals surface area contributed by atoms with Crippen LogP contribution in [0.2, 0.25) is 0 Å². The van der Waals surface area contributed by atoms with Crippen molar-refractivity contribution >= 4 is 17.7 Å². The van der Waals surface area contributed by atoms with Crippen LogP contribution in [0, 0.1) is 5.92 Å². The van der Waals surface area contributed by atoms with E-state index in [0.29, 0.717) is 18.0 Å². The van der Waals surface area contributed by atoms with Crippen LogP contribution in [0.3, 0.4) is 0 Å². The number of carbonyl (C=O) groups excluding carboxylic acids is 1. The third-order valence-corrected chi connectivity index (χ3v) is 7.74. The quantitative estimate of drug-likeness (QED) is 0.813. The van der Waals surface area contributed by atoms with E-state index in [4.69, 9.17) is 0 Å². The molecule has 4 aliphatic rings. The predicted octanol–water partition coefficient (Wildman–Crippen LogP) is 2.73. The van der Waals surface area contributed by atoms with Gasteiger partial charge >= 0.3 is 0 Å². The van der Waals surface area contributed by atoms with Gasteiger partial charge in [0.05, 0.1) is 0 Å². The van der Waals surface area contributed by atoms with E-state index in [2.05, 4.69) is 26.9 Å². The Morgan fingerprint density at radius 3 is 2.28 bits per heavy atom. The summed E-state index contributed by atoms with van der Waals surface area (Å²) < 4.78 is 0. The van der Waals surface area contributed by atoms with Crippen molar-refractivity contribution in [1.82, 2.24) is 15.1 Å². The van der Waals surface area contributed by atoms with Crippen LogP contribution >= 0.6 is 11.8 Å². The second kappa shape index (κ2) is 8.62. The molecule has 0 bridgehead atoms. The van der Waals surface area contributed by atoms with E-state index in [0.717, 1.165) is 44.3 Å². The Hall–Kier alpha value is -0.260. The van der Waals surface area contributed by atoms with Gasteiger partial charge in [-0.15, -0.1) is 0 Å². The maximum absolute atomic E-state index is 12.3. The van der Waals surface area contributed by atoms with Gasteiger partial charge in [0.15, 0.2) is 0 Å². The van der Waals surface area contributed by atoms with Crippen molar-refractivity contribution in [3.05, 3.63) is 0 Å². The molecule has 1 N–H and O–H groups in total. The number of likely N-dealkylation sites (tertiary alicyclic amines) is 2. The lowest BCUT2D eigenvalue weighted by Crippen LogP contribution is -2.49. The maximum atomic E-state index is 12.3. The standard InChI is InChI=1S/C20H35N3OS/c24-20-4-3-17(7-12-23(20)15-16-1-2-16)21-18-5-10-22(11-6-18)19-8-13-25-14-9-19/h16-19,21H,1-15H2. The van der Waals surface area contributed by atoms with Gasteiger partial charge in [-0.2, -0.15) is 11.8 Å². The molecule has 0 aromatic carbocycles. The molecule has 1 amide bonds. The van der Waals surface area contributed by atoms with Gasteiger partial charge in [0, 0.05) is 37.6 Å². The zero-order chi connectivity index (χ0) is 17.1. The summed E-state index contributed by atoms with van der Waals surface area (Å²) in [4.78, 5) is 17.2. The molecular weight excluding hydrogens is 330 g/mol. The fourth-order valence-electron chi connectivity index (χ4n) is 4.82. The molecule has 1 atom stereocenters. The van der Waals surface area contributed by atoms with E-state index in [9.17, 15) is 4.79 Å². The Morgan fingerprint density at radius 2 is 1.56 bits per heavy atom. The monoisotopic (exact) mass is 365 g/mol. The van der Waals surface area contributed by atoms with Crippen LogP contribution in [-0.2, 0) is 4.79 Å². The van der Waals surface area contributed by atoms with Gasteiger partial charge in [0.1, 0.15) is 0 Å². The zero-order valence-corrected chi connectivity index (χ0v) is 16.4. The number of amides is 1. The highest BCUT2D eigenvalue weighted by atomic mass is 32.2. The highest BCUT2D eigenvalue weighted by Gasteiger charge is 2.31. The molecule has 3 aliphatic heterocycles. The summed E-state index contributed by atoms with van der Waals surface area (Å²) >= 11 is 2.13. The molecule has 0 spiro atoms. The van der Waals surface area contributed by atoms with Crippen LogP contribution in [0.5, 0.6) is 0 Å². The van der Waals surface area contributed by atoms with Gasteiger partial charge < -0.3 is 15.1 Å². The summed E-state index contributed by atoms with van der Waals surface area (Å²) in [6.07, 6.45) is 11.0. The molecule has 1 aliphatic carbocycles. The summed E-state index contributed by atoms with van der Waals surface area (Å²) in [6, 6.07) is 2.08. The largest absolute Gasteiger partial charge is 0.342 e. The Balaban J connectivity index is 1.19. The molecule has 1 saturated carbocycles. The summed E-state index contributed by atoms with van der Waals surface area (Å²) in [6.45, 7) is 4.55. The van der Waals surface area contributed by atoms with Crippen molar-refractivity contribution in [3.63, 3.8) is 0 Å². The van der Waals surface area contributed by atoms with E-state index in [1.807, 2.05) is 0 Å². The number of hydrogen-bond donors (Lipinski definition) is 1. The number of nitrogens with one attached hydrogen (secondary N) is 1.